The maximum atomic E-state index is 12.5. The second-order valence-corrected chi connectivity index (χ2v) is 6.55. The smallest absolute Gasteiger partial charge is 0.308 e. The Morgan fingerprint density at radius 3 is 2.45 bits per heavy atom. The third-order valence-corrected chi connectivity index (χ3v) is 4.31. The van der Waals surface area contributed by atoms with Crippen molar-refractivity contribution >= 4 is 39.6 Å². The molecule has 2 aromatic rings. The molecule has 8 heteroatoms. The molecule has 0 saturated carbocycles. The quantitative estimate of drug-likeness (QED) is 0.287. The summed E-state index contributed by atoms with van der Waals surface area (Å²) in [5.41, 5.74) is 0.930. The number of benzene rings is 2. The van der Waals surface area contributed by atoms with Gasteiger partial charge in [0.15, 0.2) is 11.5 Å². The predicted octanol–water partition coefficient (Wildman–Crippen LogP) is 4.33. The molecule has 0 unspecified atom stereocenters. The molecule has 0 aliphatic rings. The number of ether oxygens (including phenoxy) is 3. The summed E-state index contributed by atoms with van der Waals surface area (Å²) in [4.78, 5) is 23.7. The summed E-state index contributed by atoms with van der Waals surface area (Å²) in [6, 6.07) is 11.8. The molecule has 0 fully saturated rings. The van der Waals surface area contributed by atoms with E-state index in [4.69, 9.17) is 14.2 Å². The SMILES string of the molecule is CCOc1ccc(NC(=O)/C(C#N)=C\c2cc(OC)c(OC(C)=O)cc2Br)cc1. The van der Waals surface area contributed by atoms with E-state index in [1.54, 1.807) is 30.3 Å². The summed E-state index contributed by atoms with van der Waals surface area (Å²) < 4.78 is 16.2. The van der Waals surface area contributed by atoms with Crippen LogP contribution in [0.25, 0.3) is 6.08 Å². The van der Waals surface area contributed by atoms with Gasteiger partial charge >= 0.3 is 5.97 Å². The van der Waals surface area contributed by atoms with Crippen LogP contribution < -0.4 is 19.5 Å². The first kappa shape index (κ1) is 22.0. The lowest BCUT2D eigenvalue weighted by Gasteiger charge is -2.11. The molecule has 1 amide bonds. The van der Waals surface area contributed by atoms with Gasteiger partial charge in [0, 0.05) is 17.1 Å². The van der Waals surface area contributed by atoms with E-state index < -0.39 is 11.9 Å². The first-order chi connectivity index (χ1) is 13.9. The average Bonchev–Trinajstić information content (AvgIpc) is 2.68. The van der Waals surface area contributed by atoms with Crippen LogP contribution in [-0.2, 0) is 9.59 Å². The Kier molecular flexibility index (Phi) is 7.80. The number of esters is 1. The molecule has 7 nitrogen and oxygen atoms in total. The normalized spacial score (nSPS) is 10.7. The second kappa shape index (κ2) is 10.3. The largest absolute Gasteiger partial charge is 0.494 e. The van der Waals surface area contributed by atoms with E-state index in [2.05, 4.69) is 21.2 Å². The van der Waals surface area contributed by atoms with Crippen molar-refractivity contribution in [3.63, 3.8) is 0 Å². The van der Waals surface area contributed by atoms with E-state index in [-0.39, 0.29) is 11.3 Å². The van der Waals surface area contributed by atoms with E-state index >= 15 is 0 Å². The second-order valence-electron chi connectivity index (χ2n) is 5.70. The summed E-state index contributed by atoms with van der Waals surface area (Å²) in [5.74, 6) is 0.142. The molecule has 0 aliphatic carbocycles. The van der Waals surface area contributed by atoms with Crippen LogP contribution in [0.4, 0.5) is 5.69 Å². The molecule has 2 aromatic carbocycles. The zero-order valence-electron chi connectivity index (χ0n) is 16.1. The molecule has 0 aromatic heterocycles. The topological polar surface area (TPSA) is 97.7 Å². The molecule has 0 radical (unpaired) electrons. The molecule has 29 heavy (non-hydrogen) atoms. The molecular formula is C21H19BrN2O5. The van der Waals surface area contributed by atoms with Crippen molar-refractivity contribution in [2.24, 2.45) is 0 Å². The molecule has 2 rings (SSSR count). The summed E-state index contributed by atoms with van der Waals surface area (Å²) in [6.45, 7) is 3.70. The van der Waals surface area contributed by atoms with Crippen LogP contribution in [0.2, 0.25) is 0 Å². The monoisotopic (exact) mass is 458 g/mol. The van der Waals surface area contributed by atoms with Gasteiger partial charge in [0.2, 0.25) is 0 Å². The van der Waals surface area contributed by atoms with Gasteiger partial charge in [-0.25, -0.2) is 0 Å². The maximum Gasteiger partial charge on any atom is 0.308 e. The lowest BCUT2D eigenvalue weighted by Crippen LogP contribution is -2.13. The highest BCUT2D eigenvalue weighted by Crippen LogP contribution is 2.34. The number of amides is 1. The Bertz CT molecular complexity index is 978. The Hall–Kier alpha value is -3.31. The number of hydrogen-bond donors (Lipinski definition) is 1. The number of halogens is 1. The number of nitrogens with zero attached hydrogens (tertiary/aromatic N) is 1. The molecule has 150 valence electrons. The van der Waals surface area contributed by atoms with Crippen molar-refractivity contribution in [3.05, 3.63) is 52.0 Å². The predicted molar refractivity (Wildman–Crippen MR) is 112 cm³/mol. The summed E-state index contributed by atoms with van der Waals surface area (Å²) >= 11 is 3.35. The number of nitrogens with one attached hydrogen (secondary N) is 1. The van der Waals surface area contributed by atoms with Crippen LogP contribution in [0.1, 0.15) is 19.4 Å². The highest BCUT2D eigenvalue weighted by atomic mass is 79.9. The van der Waals surface area contributed by atoms with E-state index in [9.17, 15) is 14.9 Å². The van der Waals surface area contributed by atoms with Crippen LogP contribution in [0.15, 0.2) is 46.4 Å². The van der Waals surface area contributed by atoms with Crippen LogP contribution >= 0.6 is 15.9 Å². The van der Waals surface area contributed by atoms with E-state index in [1.165, 1.54) is 26.2 Å². The lowest BCUT2D eigenvalue weighted by atomic mass is 10.1. The van der Waals surface area contributed by atoms with Gasteiger partial charge in [-0.15, -0.1) is 0 Å². The van der Waals surface area contributed by atoms with Gasteiger partial charge in [-0.05, 0) is 55.0 Å². The van der Waals surface area contributed by atoms with E-state index in [1.807, 2.05) is 13.0 Å². The molecule has 0 saturated heterocycles. The number of hydrogen-bond acceptors (Lipinski definition) is 6. The number of anilines is 1. The van der Waals surface area contributed by atoms with Crippen molar-refractivity contribution in [3.8, 4) is 23.3 Å². The fraction of sp³-hybridized carbons (Fsp3) is 0.190. The van der Waals surface area contributed by atoms with Crippen LogP contribution in [0, 0.1) is 11.3 Å². The summed E-state index contributed by atoms with van der Waals surface area (Å²) in [5, 5.41) is 12.1. The van der Waals surface area contributed by atoms with Gasteiger partial charge in [0.25, 0.3) is 5.91 Å². The van der Waals surface area contributed by atoms with Gasteiger partial charge in [-0.1, -0.05) is 15.9 Å². The Morgan fingerprint density at radius 2 is 1.90 bits per heavy atom. The Morgan fingerprint density at radius 1 is 1.21 bits per heavy atom. The fourth-order valence-corrected chi connectivity index (χ4v) is 2.80. The zero-order valence-corrected chi connectivity index (χ0v) is 17.7. The van der Waals surface area contributed by atoms with E-state index in [0.717, 1.165) is 0 Å². The first-order valence-corrected chi connectivity index (χ1v) is 9.39. The minimum absolute atomic E-state index is 0.109. The summed E-state index contributed by atoms with van der Waals surface area (Å²) in [7, 11) is 1.42. The average molecular weight is 459 g/mol. The number of rotatable bonds is 7. The molecule has 0 heterocycles. The van der Waals surface area contributed by atoms with Crippen molar-refractivity contribution in [1.29, 1.82) is 5.26 Å². The molecular weight excluding hydrogens is 440 g/mol. The molecule has 1 N–H and O–H groups in total. The van der Waals surface area contributed by atoms with Gasteiger partial charge in [0.1, 0.15) is 17.4 Å². The van der Waals surface area contributed by atoms with Crippen molar-refractivity contribution in [2.75, 3.05) is 19.0 Å². The van der Waals surface area contributed by atoms with Gasteiger partial charge < -0.3 is 19.5 Å². The molecule has 0 atom stereocenters. The van der Waals surface area contributed by atoms with Crippen LogP contribution in [0.3, 0.4) is 0 Å². The van der Waals surface area contributed by atoms with Crippen LogP contribution in [0.5, 0.6) is 17.2 Å². The fourth-order valence-electron chi connectivity index (χ4n) is 2.36. The Balaban J connectivity index is 2.27. The van der Waals surface area contributed by atoms with Gasteiger partial charge in [0.05, 0.1) is 13.7 Å². The van der Waals surface area contributed by atoms with Crippen molar-refractivity contribution in [2.45, 2.75) is 13.8 Å². The molecule has 0 bridgehead atoms. The molecule has 0 aliphatic heterocycles. The minimum Gasteiger partial charge on any atom is -0.494 e. The number of carbonyl (C=O) groups is 2. The Labute approximate surface area is 177 Å². The molecule has 0 spiro atoms. The van der Waals surface area contributed by atoms with Gasteiger partial charge in [-0.2, -0.15) is 5.26 Å². The number of nitriles is 1. The highest BCUT2D eigenvalue weighted by Gasteiger charge is 2.14. The van der Waals surface area contributed by atoms with Crippen molar-refractivity contribution in [1.82, 2.24) is 0 Å². The number of methoxy groups -OCH3 is 1. The zero-order chi connectivity index (χ0) is 21.4. The number of carbonyl (C=O) groups excluding carboxylic acids is 2. The van der Waals surface area contributed by atoms with Gasteiger partial charge in [-0.3, -0.25) is 9.59 Å². The third-order valence-electron chi connectivity index (χ3n) is 3.62. The third kappa shape index (κ3) is 6.09. The minimum atomic E-state index is -0.563. The van der Waals surface area contributed by atoms with Crippen LogP contribution in [-0.4, -0.2) is 25.6 Å². The lowest BCUT2D eigenvalue weighted by molar-refractivity contribution is -0.132. The first-order valence-electron chi connectivity index (χ1n) is 8.59. The standard InChI is InChI=1S/C21H19BrN2O5/c1-4-28-17-7-5-16(6-8-17)24-21(26)15(12-23)9-14-10-19(27-3)20(11-18(14)22)29-13(2)25/h5-11H,4H2,1-3H3,(H,24,26)/b15-9-. The summed E-state index contributed by atoms with van der Waals surface area (Å²) in [6.07, 6.45) is 1.41. The highest BCUT2D eigenvalue weighted by molar-refractivity contribution is 9.10. The maximum absolute atomic E-state index is 12.5. The van der Waals surface area contributed by atoms with E-state index in [0.29, 0.717) is 33.8 Å². The van der Waals surface area contributed by atoms with Crippen molar-refractivity contribution < 1.29 is 23.8 Å².